The van der Waals surface area contributed by atoms with E-state index in [1.807, 2.05) is 0 Å². The first-order valence-corrected chi connectivity index (χ1v) is 5.83. The quantitative estimate of drug-likeness (QED) is 0.829. The number of aromatic carboxylic acids is 1. The Morgan fingerprint density at radius 1 is 1.41 bits per heavy atom. The largest absolute Gasteiger partial charge is 0.478 e. The van der Waals surface area contributed by atoms with Gasteiger partial charge in [0.05, 0.1) is 5.56 Å². The molecule has 1 aromatic rings. The van der Waals surface area contributed by atoms with Crippen LogP contribution in [0.1, 0.15) is 40.2 Å². The van der Waals surface area contributed by atoms with Crippen molar-refractivity contribution in [1.82, 2.24) is 5.32 Å². The highest BCUT2D eigenvalue weighted by Crippen LogP contribution is 2.28. The van der Waals surface area contributed by atoms with E-state index in [0.717, 1.165) is 31.5 Å². The van der Waals surface area contributed by atoms with Crippen LogP contribution in [-0.4, -0.2) is 24.2 Å². The second-order valence-electron chi connectivity index (χ2n) is 4.50. The zero-order valence-electron chi connectivity index (χ0n) is 9.79. The van der Waals surface area contributed by atoms with Gasteiger partial charge in [0.1, 0.15) is 5.82 Å². The molecule has 92 valence electrons. The van der Waals surface area contributed by atoms with Crippen molar-refractivity contribution in [2.75, 3.05) is 13.1 Å². The molecule has 0 amide bonds. The molecule has 0 radical (unpaired) electrons. The summed E-state index contributed by atoms with van der Waals surface area (Å²) in [7, 11) is 0. The molecule has 1 fully saturated rings. The normalized spacial score (nSPS) is 17.1. The number of nitrogens with one attached hydrogen (secondary N) is 1. The summed E-state index contributed by atoms with van der Waals surface area (Å²) >= 11 is 0. The topological polar surface area (TPSA) is 49.3 Å². The van der Waals surface area contributed by atoms with Crippen molar-refractivity contribution in [2.24, 2.45) is 0 Å². The fourth-order valence-electron chi connectivity index (χ4n) is 2.31. The van der Waals surface area contributed by atoms with E-state index < -0.39 is 11.8 Å². The molecule has 1 aliphatic rings. The summed E-state index contributed by atoms with van der Waals surface area (Å²) in [6.07, 6.45) is 1.86. The standard InChI is InChI=1S/C13H16FNO2/c1-8-11(13(16)17)6-10(7-12(8)14)9-2-4-15-5-3-9/h6-7,9,15H,2-5H2,1H3,(H,16,17). The van der Waals surface area contributed by atoms with Crippen molar-refractivity contribution < 1.29 is 14.3 Å². The first-order valence-electron chi connectivity index (χ1n) is 5.83. The average Bonchev–Trinajstić information content (AvgIpc) is 2.33. The van der Waals surface area contributed by atoms with Gasteiger partial charge in [0.2, 0.25) is 0 Å². The van der Waals surface area contributed by atoms with E-state index in [1.54, 1.807) is 6.07 Å². The molecule has 0 aliphatic carbocycles. The summed E-state index contributed by atoms with van der Waals surface area (Å²) < 4.78 is 13.7. The van der Waals surface area contributed by atoms with Crippen LogP contribution in [-0.2, 0) is 0 Å². The fourth-order valence-corrected chi connectivity index (χ4v) is 2.31. The smallest absolute Gasteiger partial charge is 0.336 e. The lowest BCUT2D eigenvalue weighted by molar-refractivity contribution is 0.0695. The van der Waals surface area contributed by atoms with Crippen LogP contribution in [0.3, 0.4) is 0 Å². The lowest BCUT2D eigenvalue weighted by Crippen LogP contribution is -2.26. The predicted octanol–water partition coefficient (Wildman–Crippen LogP) is 2.30. The Morgan fingerprint density at radius 3 is 2.65 bits per heavy atom. The molecule has 0 saturated carbocycles. The summed E-state index contributed by atoms with van der Waals surface area (Å²) in [4.78, 5) is 11.0. The molecule has 2 rings (SSSR count). The molecule has 1 aromatic carbocycles. The van der Waals surface area contributed by atoms with Gasteiger partial charge >= 0.3 is 5.97 Å². The van der Waals surface area contributed by atoms with Crippen LogP contribution in [0.15, 0.2) is 12.1 Å². The lowest BCUT2D eigenvalue weighted by atomic mass is 9.88. The van der Waals surface area contributed by atoms with E-state index >= 15 is 0 Å². The number of piperidine rings is 1. The highest BCUT2D eigenvalue weighted by Gasteiger charge is 2.19. The van der Waals surface area contributed by atoms with Crippen LogP contribution in [0, 0.1) is 12.7 Å². The minimum atomic E-state index is -1.06. The predicted molar refractivity (Wildman–Crippen MR) is 62.9 cm³/mol. The molecule has 0 atom stereocenters. The molecular weight excluding hydrogens is 221 g/mol. The Morgan fingerprint density at radius 2 is 2.06 bits per heavy atom. The third-order valence-corrected chi connectivity index (χ3v) is 3.41. The molecule has 0 aromatic heterocycles. The number of hydrogen-bond donors (Lipinski definition) is 2. The number of hydrogen-bond acceptors (Lipinski definition) is 2. The molecule has 1 heterocycles. The third kappa shape index (κ3) is 2.47. The molecule has 17 heavy (non-hydrogen) atoms. The van der Waals surface area contributed by atoms with Gasteiger partial charge in [-0.3, -0.25) is 0 Å². The van der Waals surface area contributed by atoms with Crippen molar-refractivity contribution in [1.29, 1.82) is 0 Å². The van der Waals surface area contributed by atoms with Gasteiger partial charge in [-0.05, 0) is 62.0 Å². The second-order valence-corrected chi connectivity index (χ2v) is 4.50. The van der Waals surface area contributed by atoms with Crippen molar-refractivity contribution >= 4 is 5.97 Å². The summed E-state index contributed by atoms with van der Waals surface area (Å²) in [5.74, 6) is -1.21. The van der Waals surface area contributed by atoms with E-state index in [-0.39, 0.29) is 17.0 Å². The molecule has 3 nitrogen and oxygen atoms in total. The number of carboxylic acids is 1. The number of carboxylic acid groups (broad SMARTS) is 1. The maximum Gasteiger partial charge on any atom is 0.336 e. The molecule has 0 unspecified atom stereocenters. The van der Waals surface area contributed by atoms with E-state index in [4.69, 9.17) is 5.11 Å². The van der Waals surface area contributed by atoms with Crippen LogP contribution in [0.2, 0.25) is 0 Å². The molecule has 4 heteroatoms. The van der Waals surface area contributed by atoms with E-state index in [1.165, 1.54) is 13.0 Å². The van der Waals surface area contributed by atoms with Crippen molar-refractivity contribution in [3.8, 4) is 0 Å². The first kappa shape index (κ1) is 12.0. The number of carbonyl (C=O) groups is 1. The maximum atomic E-state index is 13.7. The van der Waals surface area contributed by atoms with Gasteiger partial charge < -0.3 is 10.4 Å². The highest BCUT2D eigenvalue weighted by molar-refractivity contribution is 5.89. The number of rotatable bonds is 2. The Bertz CT molecular complexity index is 439. The van der Waals surface area contributed by atoms with E-state index in [2.05, 4.69) is 5.32 Å². The summed E-state index contributed by atoms with van der Waals surface area (Å²) in [6, 6.07) is 3.11. The summed E-state index contributed by atoms with van der Waals surface area (Å²) in [6.45, 7) is 3.32. The monoisotopic (exact) mass is 237 g/mol. The van der Waals surface area contributed by atoms with Gasteiger partial charge in [-0.15, -0.1) is 0 Å². The van der Waals surface area contributed by atoms with Crippen molar-refractivity contribution in [3.63, 3.8) is 0 Å². The highest BCUT2D eigenvalue weighted by atomic mass is 19.1. The van der Waals surface area contributed by atoms with Crippen LogP contribution in [0.5, 0.6) is 0 Å². The van der Waals surface area contributed by atoms with Crippen molar-refractivity contribution in [3.05, 3.63) is 34.6 Å². The molecule has 0 spiro atoms. The SMILES string of the molecule is Cc1c(F)cc(C2CCNCC2)cc1C(=O)O. The molecule has 1 saturated heterocycles. The van der Waals surface area contributed by atoms with Gasteiger partial charge in [0.25, 0.3) is 0 Å². The van der Waals surface area contributed by atoms with Crippen LogP contribution in [0.25, 0.3) is 0 Å². The van der Waals surface area contributed by atoms with Gasteiger partial charge in [0.15, 0.2) is 0 Å². The Hall–Kier alpha value is -1.42. The van der Waals surface area contributed by atoms with E-state index in [0.29, 0.717) is 0 Å². The first-order chi connectivity index (χ1) is 8.09. The average molecular weight is 237 g/mol. The van der Waals surface area contributed by atoms with Crippen LogP contribution in [0.4, 0.5) is 4.39 Å². The number of benzene rings is 1. The Labute approximate surface area is 99.7 Å². The Balaban J connectivity index is 2.37. The number of halogens is 1. The van der Waals surface area contributed by atoms with Gasteiger partial charge in [-0.2, -0.15) is 0 Å². The third-order valence-electron chi connectivity index (χ3n) is 3.41. The summed E-state index contributed by atoms with van der Waals surface area (Å²) in [5, 5.41) is 12.3. The second kappa shape index (κ2) is 4.84. The molecular formula is C13H16FNO2. The zero-order chi connectivity index (χ0) is 12.4. The van der Waals surface area contributed by atoms with Crippen LogP contribution < -0.4 is 5.32 Å². The molecule has 1 aliphatic heterocycles. The molecule has 2 N–H and O–H groups in total. The van der Waals surface area contributed by atoms with Gasteiger partial charge in [0, 0.05) is 0 Å². The van der Waals surface area contributed by atoms with Gasteiger partial charge in [-0.25, -0.2) is 9.18 Å². The van der Waals surface area contributed by atoms with E-state index in [9.17, 15) is 9.18 Å². The minimum absolute atomic E-state index is 0.0820. The Kier molecular flexibility index (Phi) is 3.43. The zero-order valence-corrected chi connectivity index (χ0v) is 9.79. The van der Waals surface area contributed by atoms with Crippen molar-refractivity contribution in [2.45, 2.75) is 25.7 Å². The maximum absolute atomic E-state index is 13.7. The van der Waals surface area contributed by atoms with Gasteiger partial charge in [-0.1, -0.05) is 0 Å². The minimum Gasteiger partial charge on any atom is -0.478 e. The van der Waals surface area contributed by atoms with Crippen LogP contribution >= 0.6 is 0 Å². The fraction of sp³-hybridized carbons (Fsp3) is 0.462. The lowest BCUT2D eigenvalue weighted by Gasteiger charge is -2.23. The molecule has 0 bridgehead atoms. The summed E-state index contributed by atoms with van der Waals surface area (Å²) in [5.41, 5.74) is 1.11.